The van der Waals surface area contributed by atoms with Gasteiger partial charge in [-0.3, -0.25) is 0 Å². The third-order valence-electron chi connectivity index (χ3n) is 1.06. The molecule has 0 N–H and O–H groups in total. The molecule has 81 valence electrons. The van der Waals surface area contributed by atoms with Crippen molar-refractivity contribution in [3.05, 3.63) is 20.8 Å². The predicted octanol–water partition coefficient (Wildman–Crippen LogP) is 4.73. The van der Waals surface area contributed by atoms with Gasteiger partial charge < -0.3 is 0 Å². The molecule has 0 saturated heterocycles. The maximum atomic E-state index is 3.60. The zero-order valence-electron chi connectivity index (χ0n) is 9.86. The molecule has 0 aromatic carbocycles. The second kappa shape index (κ2) is 38.5. The molecule has 0 aliphatic carbocycles. The molecule has 0 aliphatic heterocycles. The van der Waals surface area contributed by atoms with Gasteiger partial charge >= 0.3 is 0 Å². The molecule has 0 aromatic heterocycles. The van der Waals surface area contributed by atoms with E-state index in [2.05, 4.69) is 41.5 Å². The fourth-order valence-electron chi connectivity index (χ4n) is 0. The Hall–Kier alpha value is 0.799. The minimum atomic E-state index is 0. The monoisotopic (exact) mass is 293 g/mol. The Morgan fingerprint density at radius 1 is 0.692 bits per heavy atom. The number of rotatable bonds is 3. The zero-order valence-corrected chi connectivity index (χ0v) is 12.7. The van der Waals surface area contributed by atoms with E-state index in [9.17, 15) is 0 Å². The average molecular weight is 292 g/mol. The standard InChI is InChI=1S/3C4H9.Sn.H2/c3*1-3-4-2;;/h3*1,3-4H2,2H3;;1H. The first kappa shape index (κ1) is 23.5. The van der Waals surface area contributed by atoms with Gasteiger partial charge in [0.15, 0.2) is 0 Å². The molecule has 1 heteroatoms. The van der Waals surface area contributed by atoms with Gasteiger partial charge in [0, 0.05) is 25.3 Å². The Balaban J connectivity index is -0.0000000270. The maximum Gasteiger partial charge on any atom is 0 e. The van der Waals surface area contributed by atoms with Gasteiger partial charge in [-0.05, 0) is 0 Å². The van der Waals surface area contributed by atoms with E-state index < -0.39 is 0 Å². The molecule has 0 spiro atoms. The van der Waals surface area contributed by atoms with E-state index in [1.807, 2.05) is 0 Å². The summed E-state index contributed by atoms with van der Waals surface area (Å²) in [6.45, 7) is 17.2. The Kier molecular flexibility index (Phi) is 69.8. The summed E-state index contributed by atoms with van der Waals surface area (Å²) >= 11 is 0. The second-order valence-electron chi connectivity index (χ2n) is 2.56. The molecule has 0 aliphatic rings. The first-order valence-electron chi connectivity index (χ1n) is 5.12. The first-order valence-corrected chi connectivity index (χ1v) is 5.12. The summed E-state index contributed by atoms with van der Waals surface area (Å²) in [5.41, 5.74) is 0. The van der Waals surface area contributed by atoms with Crippen LogP contribution in [0.25, 0.3) is 0 Å². The van der Waals surface area contributed by atoms with Crippen molar-refractivity contribution in [1.82, 2.24) is 0 Å². The molecule has 0 amide bonds. The largest absolute Gasteiger partial charge is 0.0654 e. The maximum absolute atomic E-state index is 3.60. The molecule has 0 saturated carbocycles. The summed E-state index contributed by atoms with van der Waals surface area (Å²) in [6, 6.07) is 0. The molecule has 0 heterocycles. The van der Waals surface area contributed by atoms with Crippen LogP contribution in [-0.2, 0) is 0 Å². The van der Waals surface area contributed by atoms with Crippen molar-refractivity contribution in [3.63, 3.8) is 0 Å². The van der Waals surface area contributed by atoms with Crippen LogP contribution < -0.4 is 0 Å². The zero-order chi connectivity index (χ0) is 10.2. The van der Waals surface area contributed by atoms with E-state index in [1.54, 1.807) is 0 Å². The van der Waals surface area contributed by atoms with Gasteiger partial charge in [-0.2, -0.15) is 0 Å². The minimum absolute atomic E-state index is 0. The van der Waals surface area contributed by atoms with Crippen LogP contribution in [0, 0.1) is 20.8 Å². The average Bonchev–Trinajstić information content (AvgIpc) is 2.18. The van der Waals surface area contributed by atoms with Crippen LogP contribution >= 0.6 is 0 Å². The van der Waals surface area contributed by atoms with Crippen LogP contribution in [0.4, 0.5) is 0 Å². The van der Waals surface area contributed by atoms with E-state index in [4.69, 9.17) is 0 Å². The quantitative estimate of drug-likeness (QED) is 0.660. The van der Waals surface area contributed by atoms with Crippen molar-refractivity contribution < 1.29 is 1.43 Å². The van der Waals surface area contributed by atoms with Crippen LogP contribution in [0.3, 0.4) is 0 Å². The summed E-state index contributed by atoms with van der Waals surface area (Å²) in [5, 5.41) is 0. The van der Waals surface area contributed by atoms with E-state index in [0.717, 1.165) is 19.3 Å². The van der Waals surface area contributed by atoms with Crippen molar-refractivity contribution in [2.45, 2.75) is 59.3 Å². The van der Waals surface area contributed by atoms with Crippen LogP contribution in [0.1, 0.15) is 60.7 Å². The van der Waals surface area contributed by atoms with Crippen molar-refractivity contribution in [1.29, 1.82) is 0 Å². The van der Waals surface area contributed by atoms with Crippen molar-refractivity contribution >= 4 is 23.9 Å². The predicted molar refractivity (Wildman–Crippen MR) is 68.7 cm³/mol. The van der Waals surface area contributed by atoms with E-state index in [0.29, 0.717) is 0 Å². The summed E-state index contributed by atoms with van der Waals surface area (Å²) < 4.78 is 0. The first-order chi connectivity index (χ1) is 5.74. The Morgan fingerprint density at radius 3 is 0.769 bits per heavy atom. The van der Waals surface area contributed by atoms with Crippen molar-refractivity contribution in [2.75, 3.05) is 0 Å². The van der Waals surface area contributed by atoms with Gasteiger partial charge in [-0.25, -0.2) is 0 Å². The fraction of sp³-hybridized carbons (Fsp3) is 0.750. The molecular weight excluding hydrogens is 263 g/mol. The fourth-order valence-corrected chi connectivity index (χ4v) is 0. The minimum Gasteiger partial charge on any atom is -0.0654 e. The molecule has 0 unspecified atom stereocenters. The normalized spacial score (nSPS) is 6.92. The van der Waals surface area contributed by atoms with E-state index in [-0.39, 0.29) is 25.3 Å². The molecule has 0 fully saturated rings. The SMILES string of the molecule is [CH2]CCC.[CH2]CCC.[CH2]CCC.[HH].[Sn]. The third kappa shape index (κ3) is 103. The van der Waals surface area contributed by atoms with E-state index in [1.165, 1.54) is 19.3 Å². The molecule has 0 rings (SSSR count). The molecule has 0 atom stereocenters. The number of hydrogen-bond donors (Lipinski definition) is 0. The van der Waals surface area contributed by atoms with Crippen molar-refractivity contribution in [3.8, 4) is 0 Å². The van der Waals surface area contributed by atoms with E-state index >= 15 is 0 Å². The Bertz CT molecular complexity index is 25.8. The number of unbranched alkanes of at least 4 members (excludes halogenated alkanes) is 3. The van der Waals surface area contributed by atoms with Crippen LogP contribution in [0.2, 0.25) is 0 Å². The van der Waals surface area contributed by atoms with Crippen LogP contribution in [-0.4, -0.2) is 23.9 Å². The smallest absolute Gasteiger partial charge is 0 e. The van der Waals surface area contributed by atoms with Gasteiger partial charge in [0.2, 0.25) is 0 Å². The van der Waals surface area contributed by atoms with Gasteiger partial charge in [0.1, 0.15) is 0 Å². The summed E-state index contributed by atoms with van der Waals surface area (Å²) in [4.78, 5) is 0. The summed E-state index contributed by atoms with van der Waals surface area (Å²) in [5.74, 6) is 0. The molecule has 7 radical (unpaired) electrons. The Morgan fingerprint density at radius 2 is 0.769 bits per heavy atom. The van der Waals surface area contributed by atoms with Gasteiger partial charge in [0.05, 0.1) is 0 Å². The molecule has 0 aromatic rings. The van der Waals surface area contributed by atoms with Gasteiger partial charge in [-0.1, -0.05) is 80.1 Å². The van der Waals surface area contributed by atoms with Gasteiger partial charge in [0.25, 0.3) is 0 Å². The van der Waals surface area contributed by atoms with Gasteiger partial charge in [-0.15, -0.1) is 0 Å². The van der Waals surface area contributed by atoms with Crippen molar-refractivity contribution in [2.24, 2.45) is 0 Å². The summed E-state index contributed by atoms with van der Waals surface area (Å²) in [6.07, 6.45) is 6.83. The molecule has 0 bridgehead atoms. The molecule has 13 heavy (non-hydrogen) atoms. The number of hydrogen-bond acceptors (Lipinski definition) is 0. The second-order valence-corrected chi connectivity index (χ2v) is 2.56. The third-order valence-corrected chi connectivity index (χ3v) is 1.06. The summed E-state index contributed by atoms with van der Waals surface area (Å²) in [7, 11) is 0. The van der Waals surface area contributed by atoms with Crippen LogP contribution in [0.15, 0.2) is 0 Å². The van der Waals surface area contributed by atoms with Crippen LogP contribution in [0.5, 0.6) is 0 Å². The topological polar surface area (TPSA) is 0 Å². The Labute approximate surface area is 105 Å². The molecular formula is C12H29Sn. The molecule has 0 nitrogen and oxygen atoms in total.